The van der Waals surface area contributed by atoms with Crippen molar-refractivity contribution in [2.75, 3.05) is 25.0 Å². The van der Waals surface area contributed by atoms with Gasteiger partial charge in [-0.05, 0) is 48.7 Å². The van der Waals surface area contributed by atoms with E-state index in [1.807, 2.05) is 13.0 Å². The summed E-state index contributed by atoms with van der Waals surface area (Å²) < 4.78 is 28.4. The van der Waals surface area contributed by atoms with Gasteiger partial charge in [-0.2, -0.15) is 17.0 Å². The van der Waals surface area contributed by atoms with E-state index < -0.39 is 16.1 Å². The first-order valence-electron chi connectivity index (χ1n) is 8.81. The van der Waals surface area contributed by atoms with Crippen LogP contribution in [0.5, 0.6) is 0 Å². The quantitative estimate of drug-likeness (QED) is 0.768. The Morgan fingerprint density at radius 1 is 1.07 bits per heavy atom. The van der Waals surface area contributed by atoms with Crippen LogP contribution < -0.4 is 5.32 Å². The number of halogens is 2. The van der Waals surface area contributed by atoms with Gasteiger partial charge in [0, 0.05) is 24.7 Å². The molecule has 0 radical (unpaired) electrons. The van der Waals surface area contributed by atoms with E-state index in [0.29, 0.717) is 35.2 Å². The SMILES string of the molecule is Cc1ccc(NC(=O)CN2CCCN(Cc3ccc(Cl)cc3)S2(=O)=O)c(Cl)c1. The van der Waals surface area contributed by atoms with E-state index in [2.05, 4.69) is 5.32 Å². The van der Waals surface area contributed by atoms with Gasteiger partial charge in [0.05, 0.1) is 17.3 Å². The molecule has 1 N–H and O–H groups in total. The number of rotatable bonds is 5. The molecule has 0 aliphatic carbocycles. The Bertz CT molecular complexity index is 965. The fourth-order valence-electron chi connectivity index (χ4n) is 3.00. The van der Waals surface area contributed by atoms with E-state index in [4.69, 9.17) is 23.2 Å². The first-order chi connectivity index (χ1) is 13.3. The van der Waals surface area contributed by atoms with Crippen LogP contribution in [0.2, 0.25) is 10.0 Å². The summed E-state index contributed by atoms with van der Waals surface area (Å²) in [4.78, 5) is 12.4. The molecule has 1 saturated heterocycles. The predicted molar refractivity (Wildman–Crippen MR) is 112 cm³/mol. The van der Waals surface area contributed by atoms with E-state index in [0.717, 1.165) is 11.1 Å². The lowest BCUT2D eigenvalue weighted by molar-refractivity contribution is -0.116. The molecule has 0 spiro atoms. The van der Waals surface area contributed by atoms with E-state index in [1.165, 1.54) is 8.61 Å². The zero-order chi connectivity index (χ0) is 20.3. The van der Waals surface area contributed by atoms with Gasteiger partial charge in [-0.15, -0.1) is 0 Å². The molecule has 6 nitrogen and oxygen atoms in total. The molecule has 1 amide bonds. The maximum Gasteiger partial charge on any atom is 0.282 e. The first kappa shape index (κ1) is 21.1. The van der Waals surface area contributed by atoms with Crippen molar-refractivity contribution in [3.63, 3.8) is 0 Å². The molecule has 0 aromatic heterocycles. The van der Waals surface area contributed by atoms with Crippen LogP contribution in [0.3, 0.4) is 0 Å². The van der Waals surface area contributed by atoms with Crippen LogP contribution in [0.15, 0.2) is 42.5 Å². The minimum absolute atomic E-state index is 0.238. The highest BCUT2D eigenvalue weighted by molar-refractivity contribution is 7.86. The van der Waals surface area contributed by atoms with Gasteiger partial charge in [-0.1, -0.05) is 41.4 Å². The number of hydrogen-bond acceptors (Lipinski definition) is 3. The van der Waals surface area contributed by atoms with Crippen LogP contribution >= 0.6 is 23.2 Å². The smallest absolute Gasteiger partial charge is 0.282 e. The largest absolute Gasteiger partial charge is 0.324 e. The van der Waals surface area contributed by atoms with Crippen molar-refractivity contribution >= 4 is 45.0 Å². The normalized spacial score (nSPS) is 17.4. The fourth-order valence-corrected chi connectivity index (χ4v) is 5.05. The third-order valence-electron chi connectivity index (χ3n) is 4.46. The number of nitrogens with zero attached hydrogens (tertiary/aromatic N) is 2. The Labute approximate surface area is 175 Å². The summed E-state index contributed by atoms with van der Waals surface area (Å²) in [5.41, 5.74) is 2.27. The third kappa shape index (κ3) is 5.04. The molecule has 0 saturated carbocycles. The van der Waals surface area contributed by atoms with E-state index in [9.17, 15) is 13.2 Å². The second-order valence-electron chi connectivity index (χ2n) is 6.69. The molecule has 0 unspecified atom stereocenters. The molecule has 9 heteroatoms. The van der Waals surface area contributed by atoms with Gasteiger partial charge in [0.2, 0.25) is 5.91 Å². The number of benzene rings is 2. The standard InChI is InChI=1S/C19H21Cl2N3O3S/c1-14-3-8-18(17(21)11-14)22-19(25)13-24-10-2-9-23(28(24,26)27)12-15-4-6-16(20)7-5-15/h3-8,11H,2,9-10,12-13H2,1H3,(H,22,25). The molecule has 150 valence electrons. The number of carbonyl (C=O) groups is 1. The predicted octanol–water partition coefficient (Wildman–Crippen LogP) is 3.69. The summed E-state index contributed by atoms with van der Waals surface area (Å²) in [7, 11) is -3.74. The van der Waals surface area contributed by atoms with Gasteiger partial charge < -0.3 is 5.32 Å². The first-order valence-corrected chi connectivity index (χ1v) is 11.0. The lowest BCUT2D eigenvalue weighted by Crippen LogP contribution is -2.51. The van der Waals surface area contributed by atoms with Crippen LogP contribution in [0, 0.1) is 6.92 Å². The number of anilines is 1. The Kier molecular flexibility index (Phi) is 6.62. The van der Waals surface area contributed by atoms with Gasteiger partial charge in [0.25, 0.3) is 10.2 Å². The second kappa shape index (κ2) is 8.80. The number of aryl methyl sites for hydroxylation is 1. The minimum atomic E-state index is -3.74. The van der Waals surface area contributed by atoms with Gasteiger partial charge in [0.1, 0.15) is 0 Å². The fraction of sp³-hybridized carbons (Fsp3) is 0.316. The molecule has 1 aliphatic heterocycles. The van der Waals surface area contributed by atoms with Gasteiger partial charge in [-0.3, -0.25) is 4.79 Å². The number of amides is 1. The highest BCUT2D eigenvalue weighted by Gasteiger charge is 2.34. The molecule has 0 bridgehead atoms. The lowest BCUT2D eigenvalue weighted by atomic mass is 10.2. The number of carbonyl (C=O) groups excluding carboxylic acids is 1. The monoisotopic (exact) mass is 441 g/mol. The minimum Gasteiger partial charge on any atom is -0.324 e. The van der Waals surface area contributed by atoms with Crippen molar-refractivity contribution in [2.24, 2.45) is 0 Å². The van der Waals surface area contributed by atoms with Crippen molar-refractivity contribution in [3.8, 4) is 0 Å². The molecule has 1 aliphatic rings. The molecular formula is C19H21Cl2N3O3S. The zero-order valence-electron chi connectivity index (χ0n) is 15.4. The maximum atomic E-state index is 12.9. The van der Waals surface area contributed by atoms with Crippen LogP contribution in [0.1, 0.15) is 17.5 Å². The van der Waals surface area contributed by atoms with Crippen molar-refractivity contribution in [3.05, 3.63) is 63.6 Å². The van der Waals surface area contributed by atoms with E-state index in [1.54, 1.807) is 36.4 Å². The summed E-state index contributed by atoms with van der Waals surface area (Å²) in [6, 6.07) is 12.3. The highest BCUT2D eigenvalue weighted by Crippen LogP contribution is 2.24. The summed E-state index contributed by atoms with van der Waals surface area (Å²) in [6.07, 6.45) is 0.644. The Hall–Kier alpha value is -1.64. The van der Waals surface area contributed by atoms with Crippen LogP contribution in [-0.2, 0) is 21.5 Å². The van der Waals surface area contributed by atoms with Crippen molar-refractivity contribution < 1.29 is 13.2 Å². The molecule has 3 rings (SSSR count). The van der Waals surface area contributed by atoms with E-state index in [-0.39, 0.29) is 13.1 Å². The maximum absolute atomic E-state index is 12.9. The summed E-state index contributed by atoms with van der Waals surface area (Å²) >= 11 is 12.0. The summed E-state index contributed by atoms with van der Waals surface area (Å²) in [5.74, 6) is -0.428. The van der Waals surface area contributed by atoms with Crippen LogP contribution in [0.25, 0.3) is 0 Å². The molecule has 1 heterocycles. The molecule has 28 heavy (non-hydrogen) atoms. The van der Waals surface area contributed by atoms with Crippen molar-refractivity contribution in [1.82, 2.24) is 8.61 Å². The summed E-state index contributed by atoms with van der Waals surface area (Å²) in [5, 5.41) is 3.69. The lowest BCUT2D eigenvalue weighted by Gasteiger charge is -2.34. The average Bonchev–Trinajstić information content (AvgIpc) is 2.63. The zero-order valence-corrected chi connectivity index (χ0v) is 17.7. The van der Waals surface area contributed by atoms with Gasteiger partial charge >= 0.3 is 0 Å². The molecule has 2 aromatic carbocycles. The van der Waals surface area contributed by atoms with E-state index >= 15 is 0 Å². The molecule has 2 aromatic rings. The number of hydrogen-bond donors (Lipinski definition) is 1. The third-order valence-corrected chi connectivity index (χ3v) is 6.95. The Balaban J connectivity index is 1.67. The summed E-state index contributed by atoms with van der Waals surface area (Å²) in [6.45, 7) is 2.58. The molecular weight excluding hydrogens is 421 g/mol. The van der Waals surface area contributed by atoms with Crippen molar-refractivity contribution in [2.45, 2.75) is 19.9 Å². The average molecular weight is 442 g/mol. The molecule has 0 atom stereocenters. The van der Waals surface area contributed by atoms with Crippen LogP contribution in [0.4, 0.5) is 5.69 Å². The number of nitrogens with one attached hydrogen (secondary N) is 1. The highest BCUT2D eigenvalue weighted by atomic mass is 35.5. The second-order valence-corrected chi connectivity index (χ2v) is 9.46. The molecule has 1 fully saturated rings. The van der Waals surface area contributed by atoms with Crippen molar-refractivity contribution in [1.29, 1.82) is 0 Å². The topological polar surface area (TPSA) is 69.7 Å². The Morgan fingerprint density at radius 2 is 1.75 bits per heavy atom. The Morgan fingerprint density at radius 3 is 2.43 bits per heavy atom. The van der Waals surface area contributed by atoms with Gasteiger partial charge in [0.15, 0.2) is 0 Å². The van der Waals surface area contributed by atoms with Crippen LogP contribution in [-0.4, -0.2) is 42.6 Å². The van der Waals surface area contributed by atoms with Gasteiger partial charge in [-0.25, -0.2) is 0 Å².